The molecule has 2 aromatic heterocycles. The van der Waals surface area contributed by atoms with Crippen LogP contribution in [0.25, 0.3) is 44.8 Å². The molecule has 0 bridgehead atoms. The molecule has 0 saturated heterocycles. The van der Waals surface area contributed by atoms with E-state index < -0.39 is 0 Å². The number of hydrogen-bond donors (Lipinski definition) is 2. The van der Waals surface area contributed by atoms with Gasteiger partial charge < -0.3 is 14.7 Å². The van der Waals surface area contributed by atoms with Gasteiger partial charge in [0.15, 0.2) is 6.29 Å². The fourth-order valence-corrected chi connectivity index (χ4v) is 4.00. The lowest BCUT2D eigenvalue weighted by atomic mass is 9.99. The number of hydrogen-bond acceptors (Lipinski definition) is 4. The Labute approximate surface area is 194 Å². The van der Waals surface area contributed by atoms with E-state index in [1.165, 1.54) is 12.1 Å². The van der Waals surface area contributed by atoms with Crippen LogP contribution in [0.15, 0.2) is 71.1 Å². The van der Waals surface area contributed by atoms with Crippen LogP contribution in [0.5, 0.6) is 0 Å². The van der Waals surface area contributed by atoms with Gasteiger partial charge in [-0.15, -0.1) is 0 Å². The number of aryl methyl sites for hydroxylation is 1. The van der Waals surface area contributed by atoms with Crippen LogP contribution in [0, 0.1) is 12.7 Å². The molecule has 34 heavy (non-hydrogen) atoms. The van der Waals surface area contributed by atoms with Crippen LogP contribution < -0.4 is 5.32 Å². The van der Waals surface area contributed by atoms with Crippen molar-refractivity contribution in [3.63, 3.8) is 0 Å². The molecule has 0 fully saturated rings. The van der Waals surface area contributed by atoms with Crippen molar-refractivity contribution in [1.82, 2.24) is 15.3 Å². The Morgan fingerprint density at radius 2 is 1.71 bits per heavy atom. The minimum absolute atomic E-state index is 0.295. The number of aldehydes is 1. The zero-order chi connectivity index (χ0) is 23.8. The Morgan fingerprint density at radius 1 is 1.00 bits per heavy atom. The zero-order valence-electron chi connectivity index (χ0n) is 18.5. The first-order chi connectivity index (χ1) is 16.5. The molecule has 0 aliphatic rings. The number of amides is 1. The summed E-state index contributed by atoms with van der Waals surface area (Å²) in [5.74, 6) is 0.329. The van der Waals surface area contributed by atoms with Crippen molar-refractivity contribution in [1.29, 1.82) is 0 Å². The summed E-state index contributed by atoms with van der Waals surface area (Å²) in [7, 11) is 1.56. The summed E-state index contributed by atoms with van der Waals surface area (Å²) in [6.45, 7) is 1.78. The van der Waals surface area contributed by atoms with Gasteiger partial charge in [0.05, 0.1) is 11.3 Å². The first-order valence-corrected chi connectivity index (χ1v) is 10.7. The number of nitrogens with one attached hydrogen (secondary N) is 2. The third-order valence-corrected chi connectivity index (χ3v) is 5.76. The molecule has 0 saturated carbocycles. The van der Waals surface area contributed by atoms with Gasteiger partial charge in [-0.05, 0) is 60.5 Å². The number of carbonyl (C=O) groups excluding carboxylic acids is 2. The summed E-state index contributed by atoms with van der Waals surface area (Å²) in [5.41, 5.74) is 5.26. The second-order valence-electron chi connectivity index (χ2n) is 7.89. The van der Waals surface area contributed by atoms with Crippen LogP contribution in [0.3, 0.4) is 0 Å². The average molecular weight is 453 g/mol. The van der Waals surface area contributed by atoms with Gasteiger partial charge in [0.25, 0.3) is 5.91 Å². The third kappa shape index (κ3) is 3.67. The number of rotatable bonds is 5. The monoisotopic (exact) mass is 453 g/mol. The largest absolute Gasteiger partial charge is 0.455 e. The molecule has 0 atom stereocenters. The smallest absolute Gasteiger partial charge is 0.255 e. The van der Waals surface area contributed by atoms with Crippen molar-refractivity contribution in [3.8, 4) is 33.8 Å². The lowest BCUT2D eigenvalue weighted by molar-refractivity contribution is 0.0964. The highest BCUT2D eigenvalue weighted by molar-refractivity contribution is 6.11. The van der Waals surface area contributed by atoms with Crippen LogP contribution in [0.4, 0.5) is 4.39 Å². The zero-order valence-corrected chi connectivity index (χ0v) is 18.5. The Kier molecular flexibility index (Phi) is 5.30. The molecule has 2 heterocycles. The maximum atomic E-state index is 13.4. The lowest BCUT2D eigenvalue weighted by Gasteiger charge is -2.05. The van der Waals surface area contributed by atoms with E-state index >= 15 is 0 Å². The fourth-order valence-electron chi connectivity index (χ4n) is 4.00. The SMILES string of the molecule is CNC(=O)c1c(-c2ccc(F)cc2)oc2ccc(-c3cccc(-c4nc(C)c(C=O)[nH]4)c3)cc12. The Bertz CT molecular complexity index is 1550. The maximum Gasteiger partial charge on any atom is 0.255 e. The number of halogens is 1. The molecule has 0 aliphatic heterocycles. The Hall–Kier alpha value is -4.52. The second kappa shape index (κ2) is 8.44. The minimum atomic E-state index is -0.365. The number of fused-ring (bicyclic) bond motifs is 1. The van der Waals surface area contributed by atoms with E-state index in [-0.39, 0.29) is 11.7 Å². The predicted octanol–water partition coefficient (Wildman–Crippen LogP) is 5.78. The number of furan rings is 1. The first kappa shape index (κ1) is 21.3. The average Bonchev–Trinajstić information content (AvgIpc) is 3.44. The van der Waals surface area contributed by atoms with Gasteiger partial charge in [0.2, 0.25) is 0 Å². The number of H-pyrrole nitrogens is 1. The van der Waals surface area contributed by atoms with Gasteiger partial charge in [0.1, 0.15) is 28.7 Å². The van der Waals surface area contributed by atoms with E-state index in [0.29, 0.717) is 45.1 Å². The molecule has 1 amide bonds. The first-order valence-electron chi connectivity index (χ1n) is 10.7. The van der Waals surface area contributed by atoms with E-state index in [2.05, 4.69) is 15.3 Å². The van der Waals surface area contributed by atoms with Crippen molar-refractivity contribution < 1.29 is 18.4 Å². The molecule has 168 valence electrons. The molecule has 0 unspecified atom stereocenters. The number of aromatic nitrogens is 2. The minimum Gasteiger partial charge on any atom is -0.455 e. The highest BCUT2D eigenvalue weighted by Crippen LogP contribution is 2.36. The molecule has 7 heteroatoms. The van der Waals surface area contributed by atoms with Gasteiger partial charge in [0, 0.05) is 23.6 Å². The molecule has 0 radical (unpaired) electrons. The van der Waals surface area contributed by atoms with Crippen LogP contribution in [0.2, 0.25) is 0 Å². The molecule has 0 aliphatic carbocycles. The molecule has 0 spiro atoms. The normalized spacial score (nSPS) is 11.0. The van der Waals surface area contributed by atoms with Gasteiger partial charge >= 0.3 is 0 Å². The standard InChI is InChI=1S/C27H20FN3O3/c1-15-22(14-32)31-26(30-15)19-5-3-4-17(12-19)18-8-11-23-21(13-18)24(27(33)29-2)25(34-23)16-6-9-20(28)10-7-16/h3-14H,1-2H3,(H,29,33)(H,30,31). The number of imidazole rings is 1. The highest BCUT2D eigenvalue weighted by atomic mass is 19.1. The Balaban J connectivity index is 1.64. The molecule has 3 aromatic carbocycles. The van der Waals surface area contributed by atoms with Gasteiger partial charge in [-0.25, -0.2) is 9.37 Å². The Morgan fingerprint density at radius 3 is 2.41 bits per heavy atom. The van der Waals surface area contributed by atoms with E-state index in [0.717, 1.165) is 23.0 Å². The second-order valence-corrected chi connectivity index (χ2v) is 7.89. The summed E-state index contributed by atoms with van der Waals surface area (Å²) in [6.07, 6.45) is 0.752. The molecule has 5 aromatic rings. The topological polar surface area (TPSA) is 88.0 Å². The van der Waals surface area contributed by atoms with Crippen molar-refractivity contribution in [2.75, 3.05) is 7.05 Å². The molecule has 6 nitrogen and oxygen atoms in total. The van der Waals surface area contributed by atoms with Crippen LogP contribution in [-0.4, -0.2) is 29.2 Å². The molecule has 5 rings (SSSR count). The summed E-state index contributed by atoms with van der Waals surface area (Å²) >= 11 is 0. The molecular formula is C27H20FN3O3. The number of carbonyl (C=O) groups is 2. The number of benzene rings is 3. The van der Waals surface area contributed by atoms with Gasteiger partial charge in [-0.3, -0.25) is 9.59 Å². The van der Waals surface area contributed by atoms with Gasteiger partial charge in [-0.1, -0.05) is 24.3 Å². The highest BCUT2D eigenvalue weighted by Gasteiger charge is 2.22. The van der Waals surface area contributed by atoms with Crippen LogP contribution >= 0.6 is 0 Å². The molecular weight excluding hydrogens is 433 g/mol. The summed E-state index contributed by atoms with van der Waals surface area (Å²) in [6, 6.07) is 19.2. The van der Waals surface area contributed by atoms with Crippen LogP contribution in [0.1, 0.15) is 26.5 Å². The van der Waals surface area contributed by atoms with E-state index in [4.69, 9.17) is 4.42 Å². The fraction of sp³-hybridized carbons (Fsp3) is 0.0741. The summed E-state index contributed by atoms with van der Waals surface area (Å²) < 4.78 is 19.5. The van der Waals surface area contributed by atoms with E-state index in [9.17, 15) is 14.0 Å². The van der Waals surface area contributed by atoms with Crippen molar-refractivity contribution in [3.05, 3.63) is 89.5 Å². The maximum absolute atomic E-state index is 13.4. The van der Waals surface area contributed by atoms with E-state index in [1.807, 2.05) is 42.5 Å². The van der Waals surface area contributed by atoms with E-state index in [1.54, 1.807) is 26.1 Å². The van der Waals surface area contributed by atoms with Crippen LogP contribution in [-0.2, 0) is 0 Å². The predicted molar refractivity (Wildman–Crippen MR) is 128 cm³/mol. The van der Waals surface area contributed by atoms with Crippen molar-refractivity contribution in [2.24, 2.45) is 0 Å². The summed E-state index contributed by atoms with van der Waals surface area (Å²) in [5, 5.41) is 3.32. The van der Waals surface area contributed by atoms with Crippen molar-refractivity contribution >= 4 is 23.2 Å². The lowest BCUT2D eigenvalue weighted by Crippen LogP contribution is -2.18. The third-order valence-electron chi connectivity index (χ3n) is 5.76. The van der Waals surface area contributed by atoms with Crippen molar-refractivity contribution in [2.45, 2.75) is 6.92 Å². The quantitative estimate of drug-likeness (QED) is 0.330. The number of nitrogens with zero attached hydrogens (tertiary/aromatic N) is 1. The van der Waals surface area contributed by atoms with Gasteiger partial charge in [-0.2, -0.15) is 0 Å². The number of aromatic amines is 1. The summed E-state index contributed by atoms with van der Waals surface area (Å²) in [4.78, 5) is 31.5. The molecule has 2 N–H and O–H groups in total.